The zero-order valence-corrected chi connectivity index (χ0v) is 17.9. The number of hydrogen-bond donors (Lipinski definition) is 1. The normalized spacial score (nSPS) is 16.2. The first-order valence-electron chi connectivity index (χ1n) is 10.6. The molecular formula is C22H36N4O2. The van der Waals surface area contributed by atoms with Gasteiger partial charge in [-0.15, -0.1) is 0 Å². The Hall–Kier alpha value is -1.92. The molecule has 1 aromatic rings. The summed E-state index contributed by atoms with van der Waals surface area (Å²) < 4.78 is 0. The summed E-state index contributed by atoms with van der Waals surface area (Å²) >= 11 is 0. The van der Waals surface area contributed by atoms with E-state index in [1.165, 1.54) is 5.56 Å². The van der Waals surface area contributed by atoms with E-state index >= 15 is 0 Å². The number of nitrogens with one attached hydrogen (secondary N) is 1. The highest BCUT2D eigenvalue weighted by Crippen LogP contribution is 2.12. The largest absolute Gasteiger partial charge is 0.353 e. The van der Waals surface area contributed by atoms with Crippen LogP contribution in [0.5, 0.6) is 0 Å². The fourth-order valence-corrected chi connectivity index (χ4v) is 3.38. The summed E-state index contributed by atoms with van der Waals surface area (Å²) in [6.45, 7) is 14.6. The molecule has 1 heterocycles. The third-order valence-corrected chi connectivity index (χ3v) is 5.55. The van der Waals surface area contributed by atoms with Crippen molar-refractivity contribution in [3.8, 4) is 0 Å². The van der Waals surface area contributed by atoms with E-state index in [2.05, 4.69) is 48.0 Å². The van der Waals surface area contributed by atoms with Crippen LogP contribution in [-0.4, -0.2) is 78.4 Å². The Morgan fingerprint density at radius 1 is 1.04 bits per heavy atom. The Morgan fingerprint density at radius 2 is 1.64 bits per heavy atom. The SMILES string of the molecule is CCC(C)NC(=O)CN1CCN(C(=O)c2ccc(CN(CC)CC)cc2)CC1. The van der Waals surface area contributed by atoms with E-state index in [0.717, 1.165) is 44.7 Å². The number of carbonyl (C=O) groups excluding carboxylic acids is 2. The molecule has 2 amide bonds. The first-order chi connectivity index (χ1) is 13.5. The molecule has 6 nitrogen and oxygen atoms in total. The lowest BCUT2D eigenvalue weighted by molar-refractivity contribution is -0.123. The van der Waals surface area contributed by atoms with Crippen molar-refractivity contribution in [2.75, 3.05) is 45.8 Å². The number of amides is 2. The molecule has 1 aliphatic rings. The predicted octanol–water partition coefficient (Wildman–Crippen LogP) is 2.20. The van der Waals surface area contributed by atoms with Gasteiger partial charge in [0.2, 0.25) is 5.91 Å². The third kappa shape index (κ3) is 6.60. The van der Waals surface area contributed by atoms with Crippen LogP contribution >= 0.6 is 0 Å². The van der Waals surface area contributed by atoms with Gasteiger partial charge in [0.15, 0.2) is 0 Å². The molecule has 1 N–H and O–H groups in total. The summed E-state index contributed by atoms with van der Waals surface area (Å²) in [5.74, 6) is 0.149. The van der Waals surface area contributed by atoms with Gasteiger partial charge >= 0.3 is 0 Å². The van der Waals surface area contributed by atoms with E-state index in [1.54, 1.807) is 0 Å². The molecule has 1 unspecified atom stereocenters. The molecule has 1 aliphatic heterocycles. The molecule has 1 saturated heterocycles. The van der Waals surface area contributed by atoms with Crippen LogP contribution in [0.3, 0.4) is 0 Å². The molecule has 2 rings (SSSR count). The van der Waals surface area contributed by atoms with Crippen molar-refractivity contribution in [3.05, 3.63) is 35.4 Å². The topological polar surface area (TPSA) is 55.9 Å². The number of rotatable bonds is 9. The van der Waals surface area contributed by atoms with Gasteiger partial charge in [0.25, 0.3) is 5.91 Å². The summed E-state index contributed by atoms with van der Waals surface area (Å²) in [7, 11) is 0. The van der Waals surface area contributed by atoms with Crippen molar-refractivity contribution in [3.63, 3.8) is 0 Å². The van der Waals surface area contributed by atoms with Gasteiger partial charge in [-0.2, -0.15) is 0 Å². The minimum absolute atomic E-state index is 0.0675. The molecule has 156 valence electrons. The van der Waals surface area contributed by atoms with Gasteiger partial charge in [0, 0.05) is 44.3 Å². The van der Waals surface area contributed by atoms with Gasteiger partial charge in [-0.25, -0.2) is 0 Å². The molecule has 0 aromatic heterocycles. The van der Waals surface area contributed by atoms with Gasteiger partial charge in [0.05, 0.1) is 6.54 Å². The summed E-state index contributed by atoms with van der Waals surface area (Å²) in [5.41, 5.74) is 1.98. The van der Waals surface area contributed by atoms with Gasteiger partial charge < -0.3 is 10.2 Å². The summed E-state index contributed by atoms with van der Waals surface area (Å²) in [4.78, 5) is 31.2. The van der Waals surface area contributed by atoms with E-state index in [9.17, 15) is 9.59 Å². The zero-order chi connectivity index (χ0) is 20.5. The minimum Gasteiger partial charge on any atom is -0.353 e. The van der Waals surface area contributed by atoms with E-state index in [0.29, 0.717) is 19.6 Å². The highest BCUT2D eigenvalue weighted by atomic mass is 16.2. The fraction of sp³-hybridized carbons (Fsp3) is 0.636. The first-order valence-corrected chi connectivity index (χ1v) is 10.6. The molecular weight excluding hydrogens is 352 g/mol. The van der Waals surface area contributed by atoms with E-state index in [-0.39, 0.29) is 17.9 Å². The predicted molar refractivity (Wildman–Crippen MR) is 113 cm³/mol. The van der Waals surface area contributed by atoms with E-state index in [1.807, 2.05) is 24.0 Å². The smallest absolute Gasteiger partial charge is 0.253 e. The zero-order valence-electron chi connectivity index (χ0n) is 17.9. The van der Waals surface area contributed by atoms with Crippen LogP contribution in [0.2, 0.25) is 0 Å². The van der Waals surface area contributed by atoms with Crippen molar-refractivity contribution in [2.24, 2.45) is 0 Å². The summed E-state index contributed by atoms with van der Waals surface area (Å²) in [5, 5.41) is 3.00. The standard InChI is InChI=1S/C22H36N4O2/c1-5-18(4)23-21(27)17-25-12-14-26(15-13-25)22(28)20-10-8-19(9-11-20)16-24(6-2)7-3/h8-11,18H,5-7,12-17H2,1-4H3,(H,23,27). The van der Waals surface area contributed by atoms with Crippen LogP contribution < -0.4 is 5.32 Å². The lowest BCUT2D eigenvalue weighted by atomic mass is 10.1. The highest BCUT2D eigenvalue weighted by molar-refractivity contribution is 5.94. The Bertz CT molecular complexity index is 620. The van der Waals surface area contributed by atoms with E-state index in [4.69, 9.17) is 0 Å². The minimum atomic E-state index is 0.0675. The fourth-order valence-electron chi connectivity index (χ4n) is 3.38. The molecule has 0 spiro atoms. The lowest BCUT2D eigenvalue weighted by Gasteiger charge is -2.34. The first kappa shape index (κ1) is 22.4. The average Bonchev–Trinajstić information content (AvgIpc) is 2.72. The lowest BCUT2D eigenvalue weighted by Crippen LogP contribution is -2.51. The second-order valence-corrected chi connectivity index (χ2v) is 7.60. The van der Waals surface area contributed by atoms with Crippen LogP contribution in [0.4, 0.5) is 0 Å². The van der Waals surface area contributed by atoms with Crippen LogP contribution in [0, 0.1) is 0 Å². The molecule has 0 bridgehead atoms. The number of hydrogen-bond acceptors (Lipinski definition) is 4. The number of nitrogens with zero attached hydrogens (tertiary/aromatic N) is 3. The molecule has 0 aliphatic carbocycles. The Balaban J connectivity index is 1.82. The van der Waals surface area contributed by atoms with Gasteiger partial charge in [0.1, 0.15) is 0 Å². The third-order valence-electron chi connectivity index (χ3n) is 5.55. The molecule has 0 saturated carbocycles. The highest BCUT2D eigenvalue weighted by Gasteiger charge is 2.23. The van der Waals surface area contributed by atoms with Crippen LogP contribution in [0.1, 0.15) is 50.0 Å². The number of piperazine rings is 1. The van der Waals surface area contributed by atoms with Crippen molar-refractivity contribution >= 4 is 11.8 Å². The van der Waals surface area contributed by atoms with Crippen molar-refractivity contribution in [1.29, 1.82) is 0 Å². The average molecular weight is 389 g/mol. The number of benzene rings is 1. The molecule has 1 atom stereocenters. The molecule has 28 heavy (non-hydrogen) atoms. The maximum atomic E-state index is 12.8. The van der Waals surface area contributed by atoms with Gasteiger partial charge in [-0.05, 0) is 44.1 Å². The van der Waals surface area contributed by atoms with Crippen LogP contribution in [0.15, 0.2) is 24.3 Å². The number of carbonyl (C=O) groups is 2. The van der Waals surface area contributed by atoms with Gasteiger partial charge in [-0.3, -0.25) is 19.4 Å². The Kier molecular flexibility index (Phi) is 8.93. The van der Waals surface area contributed by atoms with Gasteiger partial charge in [-0.1, -0.05) is 32.9 Å². The monoisotopic (exact) mass is 388 g/mol. The Labute approximate surface area is 169 Å². The summed E-state index contributed by atoms with van der Waals surface area (Å²) in [6, 6.07) is 8.20. The van der Waals surface area contributed by atoms with Crippen molar-refractivity contribution in [2.45, 2.75) is 46.7 Å². The van der Waals surface area contributed by atoms with E-state index < -0.39 is 0 Å². The maximum Gasteiger partial charge on any atom is 0.253 e. The second kappa shape index (κ2) is 11.2. The van der Waals surface area contributed by atoms with Crippen LogP contribution in [0.25, 0.3) is 0 Å². The molecule has 1 fully saturated rings. The molecule has 6 heteroatoms. The van der Waals surface area contributed by atoms with Crippen LogP contribution in [-0.2, 0) is 11.3 Å². The summed E-state index contributed by atoms with van der Waals surface area (Å²) in [6.07, 6.45) is 0.932. The van der Waals surface area contributed by atoms with Crippen molar-refractivity contribution < 1.29 is 9.59 Å². The second-order valence-electron chi connectivity index (χ2n) is 7.60. The quantitative estimate of drug-likeness (QED) is 0.705. The Morgan fingerprint density at radius 3 is 2.18 bits per heavy atom. The van der Waals surface area contributed by atoms with Crippen molar-refractivity contribution in [1.82, 2.24) is 20.0 Å². The maximum absolute atomic E-state index is 12.8. The molecule has 1 aromatic carbocycles. The molecule has 0 radical (unpaired) electrons.